The van der Waals surface area contributed by atoms with E-state index in [-0.39, 0.29) is 23.9 Å². The predicted octanol–water partition coefficient (Wildman–Crippen LogP) is 1.39. The number of phosphoric ester groups is 1. The molecule has 5 rings (SSSR count). The number of para-hydroxylation sites is 1. The SMILES string of the molecule is N#C[C@@]1(c2ccc3c(N)ncnn23)O[C@@H]2CO[P@@](=O)(Oc3ccccc3)O[C@H]2[C@H]1O. The van der Waals surface area contributed by atoms with Gasteiger partial charge in [0.25, 0.3) is 0 Å². The smallest absolute Gasteiger partial charge is 0.404 e. The number of phosphoric acid groups is 1. The van der Waals surface area contributed by atoms with E-state index in [1.807, 2.05) is 6.07 Å². The molecule has 0 amide bonds. The number of aliphatic hydroxyl groups excluding tert-OH is 1. The number of nitrogen functional groups attached to an aromatic ring is 1. The standard InChI is InChI=1S/C18H16N5O6P/c19-9-18(14-7-6-12-17(20)21-10-22-23(12)14)16(24)15-13(27-18)8-26-30(25,29-15)28-11-4-2-1-3-5-11/h1-7,10,13,15-16,24H,8H2,(H2,20,21,22)/t13-,15-,16-,18+,30+/m1/s1. The van der Waals surface area contributed by atoms with Crippen molar-refractivity contribution >= 4 is 19.2 Å². The van der Waals surface area contributed by atoms with Crippen LogP contribution >= 0.6 is 7.82 Å². The van der Waals surface area contributed by atoms with Gasteiger partial charge in [-0.3, -0.25) is 9.05 Å². The molecule has 4 heterocycles. The van der Waals surface area contributed by atoms with E-state index in [1.165, 1.54) is 10.8 Å². The predicted molar refractivity (Wildman–Crippen MR) is 101 cm³/mol. The van der Waals surface area contributed by atoms with Gasteiger partial charge in [-0.05, 0) is 24.3 Å². The summed E-state index contributed by atoms with van der Waals surface area (Å²) >= 11 is 0. The Balaban J connectivity index is 1.49. The highest BCUT2D eigenvalue weighted by molar-refractivity contribution is 7.49. The normalized spacial score (nSPS) is 33.1. The fourth-order valence-corrected chi connectivity index (χ4v) is 5.08. The second kappa shape index (κ2) is 6.77. The fourth-order valence-electron chi connectivity index (χ4n) is 3.66. The molecule has 30 heavy (non-hydrogen) atoms. The van der Waals surface area contributed by atoms with Gasteiger partial charge in [-0.15, -0.1) is 0 Å². The van der Waals surface area contributed by atoms with Crippen molar-refractivity contribution in [3.63, 3.8) is 0 Å². The van der Waals surface area contributed by atoms with Gasteiger partial charge in [0.1, 0.15) is 42.0 Å². The first-order valence-corrected chi connectivity index (χ1v) is 10.5. The van der Waals surface area contributed by atoms with Crippen molar-refractivity contribution in [1.29, 1.82) is 5.26 Å². The number of nitriles is 1. The molecule has 3 N–H and O–H groups in total. The molecule has 0 aliphatic carbocycles. The summed E-state index contributed by atoms with van der Waals surface area (Å²) in [6, 6.07) is 13.6. The summed E-state index contributed by atoms with van der Waals surface area (Å²) in [4.78, 5) is 3.91. The zero-order chi connectivity index (χ0) is 20.9. The maximum atomic E-state index is 13.0. The van der Waals surface area contributed by atoms with Crippen LogP contribution in [0, 0.1) is 11.3 Å². The Morgan fingerprint density at radius 3 is 2.90 bits per heavy atom. The number of nitrogens with zero attached hydrogens (tertiary/aromatic N) is 4. The van der Waals surface area contributed by atoms with Crippen molar-refractivity contribution in [2.24, 2.45) is 0 Å². The number of anilines is 1. The average Bonchev–Trinajstić information content (AvgIpc) is 3.30. The lowest BCUT2D eigenvalue weighted by atomic mass is 9.92. The lowest BCUT2D eigenvalue weighted by Crippen LogP contribution is -2.43. The van der Waals surface area contributed by atoms with Crippen molar-refractivity contribution in [2.75, 3.05) is 12.3 Å². The Hall–Kier alpha value is -3.00. The highest BCUT2D eigenvalue weighted by atomic mass is 31.2. The Kier molecular flexibility index (Phi) is 4.28. The van der Waals surface area contributed by atoms with Crippen LogP contribution in [-0.2, 0) is 24.0 Å². The summed E-state index contributed by atoms with van der Waals surface area (Å²) in [5, 5.41) is 25.1. The van der Waals surface area contributed by atoms with Crippen LogP contribution < -0.4 is 10.3 Å². The van der Waals surface area contributed by atoms with Gasteiger partial charge in [-0.1, -0.05) is 18.2 Å². The number of aliphatic hydroxyl groups is 1. The summed E-state index contributed by atoms with van der Waals surface area (Å²) in [6.07, 6.45) is -2.26. The molecule has 2 aliphatic heterocycles. The van der Waals surface area contributed by atoms with E-state index in [2.05, 4.69) is 10.1 Å². The number of nitrogens with two attached hydrogens (primary N) is 1. The molecule has 2 fully saturated rings. The van der Waals surface area contributed by atoms with E-state index in [1.54, 1.807) is 42.5 Å². The number of hydrogen-bond donors (Lipinski definition) is 2. The number of aromatic nitrogens is 3. The molecular weight excluding hydrogens is 413 g/mol. The molecule has 2 aliphatic rings. The number of hydrogen-bond acceptors (Lipinski definition) is 10. The number of fused-ring (bicyclic) bond motifs is 2. The van der Waals surface area contributed by atoms with Gasteiger partial charge >= 0.3 is 7.82 Å². The van der Waals surface area contributed by atoms with Gasteiger partial charge in [-0.2, -0.15) is 10.4 Å². The van der Waals surface area contributed by atoms with E-state index < -0.39 is 31.7 Å². The zero-order valence-electron chi connectivity index (χ0n) is 15.4. The second-order valence-corrected chi connectivity index (χ2v) is 8.37. The molecule has 2 saturated heterocycles. The Morgan fingerprint density at radius 1 is 1.33 bits per heavy atom. The number of benzene rings is 1. The molecule has 0 radical (unpaired) electrons. The third-order valence-corrected chi connectivity index (χ3v) is 6.47. The van der Waals surface area contributed by atoms with Crippen molar-refractivity contribution in [3.8, 4) is 11.8 Å². The summed E-state index contributed by atoms with van der Waals surface area (Å²) in [7, 11) is -4.04. The monoisotopic (exact) mass is 429 g/mol. The lowest BCUT2D eigenvalue weighted by Gasteiger charge is -2.30. The Bertz CT molecular complexity index is 1200. The highest BCUT2D eigenvalue weighted by Crippen LogP contribution is 2.57. The molecule has 12 heteroatoms. The molecule has 0 spiro atoms. The fraction of sp³-hybridized carbons (Fsp3) is 0.278. The van der Waals surface area contributed by atoms with Crippen molar-refractivity contribution in [1.82, 2.24) is 14.6 Å². The lowest BCUT2D eigenvalue weighted by molar-refractivity contribution is -0.0735. The first-order valence-electron chi connectivity index (χ1n) is 8.99. The summed E-state index contributed by atoms with van der Waals surface area (Å²) < 4.78 is 36.5. The van der Waals surface area contributed by atoms with Crippen LogP contribution in [0.4, 0.5) is 5.82 Å². The van der Waals surface area contributed by atoms with E-state index in [0.717, 1.165) is 0 Å². The van der Waals surface area contributed by atoms with Gasteiger partial charge in [0.2, 0.25) is 5.60 Å². The van der Waals surface area contributed by atoms with E-state index >= 15 is 0 Å². The molecule has 154 valence electrons. The molecule has 5 atom stereocenters. The first kappa shape index (κ1) is 19.0. The van der Waals surface area contributed by atoms with Crippen LogP contribution in [0.5, 0.6) is 5.75 Å². The average molecular weight is 429 g/mol. The van der Waals surface area contributed by atoms with Crippen LogP contribution in [0.2, 0.25) is 0 Å². The highest BCUT2D eigenvalue weighted by Gasteiger charge is 2.62. The third-order valence-electron chi connectivity index (χ3n) is 5.07. The molecule has 1 aromatic carbocycles. The zero-order valence-corrected chi connectivity index (χ0v) is 16.3. The molecule has 0 unspecified atom stereocenters. The third kappa shape index (κ3) is 2.78. The van der Waals surface area contributed by atoms with Gasteiger partial charge in [-0.25, -0.2) is 14.1 Å². The topological polar surface area (TPSA) is 154 Å². The largest absolute Gasteiger partial charge is 0.530 e. The van der Waals surface area contributed by atoms with E-state index in [4.69, 9.17) is 24.0 Å². The van der Waals surface area contributed by atoms with Gasteiger partial charge < -0.3 is 20.1 Å². The number of ether oxygens (including phenoxy) is 1. The number of rotatable bonds is 3. The van der Waals surface area contributed by atoms with Crippen molar-refractivity contribution in [3.05, 3.63) is 54.5 Å². The summed E-state index contributed by atoms with van der Waals surface area (Å²) in [5.41, 5.74) is 4.69. The minimum Gasteiger partial charge on any atom is -0.404 e. The molecule has 11 nitrogen and oxygen atoms in total. The van der Waals surface area contributed by atoms with Crippen LogP contribution in [0.25, 0.3) is 5.52 Å². The summed E-state index contributed by atoms with van der Waals surface area (Å²) in [5.74, 6) is 0.485. The first-order chi connectivity index (χ1) is 14.5. The minimum absolute atomic E-state index is 0.199. The van der Waals surface area contributed by atoms with E-state index in [9.17, 15) is 14.9 Å². The molecule has 0 bridgehead atoms. The Labute approximate surface area is 170 Å². The minimum atomic E-state index is -4.04. The van der Waals surface area contributed by atoms with Crippen LogP contribution in [0.3, 0.4) is 0 Å². The molecule has 3 aromatic rings. The van der Waals surface area contributed by atoms with Crippen LogP contribution in [0.15, 0.2) is 48.8 Å². The quantitative estimate of drug-likeness (QED) is 0.584. The van der Waals surface area contributed by atoms with Gasteiger partial charge in [0, 0.05) is 0 Å². The van der Waals surface area contributed by atoms with Crippen LogP contribution in [0.1, 0.15) is 5.69 Å². The van der Waals surface area contributed by atoms with Gasteiger partial charge in [0.05, 0.1) is 12.3 Å². The second-order valence-electron chi connectivity index (χ2n) is 6.83. The molecule has 2 aromatic heterocycles. The van der Waals surface area contributed by atoms with E-state index in [0.29, 0.717) is 5.52 Å². The summed E-state index contributed by atoms with van der Waals surface area (Å²) in [6.45, 7) is -0.199. The van der Waals surface area contributed by atoms with Crippen molar-refractivity contribution < 1.29 is 28.0 Å². The molecule has 0 saturated carbocycles. The van der Waals surface area contributed by atoms with Gasteiger partial charge in [0.15, 0.2) is 5.82 Å². The van der Waals surface area contributed by atoms with Crippen molar-refractivity contribution in [2.45, 2.75) is 23.9 Å². The maximum Gasteiger partial charge on any atom is 0.530 e. The Morgan fingerprint density at radius 2 is 2.13 bits per heavy atom. The molecular formula is C18H16N5O6P. The maximum absolute atomic E-state index is 13.0. The van der Waals surface area contributed by atoms with Crippen LogP contribution in [-0.4, -0.2) is 44.6 Å².